The molecule has 1 heterocycles. The normalized spacial score (nSPS) is 10.8. The highest BCUT2D eigenvalue weighted by atomic mass is 32.1. The molecule has 32 heavy (non-hydrogen) atoms. The third-order valence-corrected chi connectivity index (χ3v) is 5.68. The first-order valence-electron chi connectivity index (χ1n) is 10.0. The van der Waals surface area contributed by atoms with Crippen molar-refractivity contribution in [1.82, 2.24) is 10.2 Å². The topological polar surface area (TPSA) is 66.9 Å². The summed E-state index contributed by atoms with van der Waals surface area (Å²) < 4.78 is 26.7. The van der Waals surface area contributed by atoms with E-state index in [2.05, 4.69) is 45.1 Å². The van der Waals surface area contributed by atoms with Gasteiger partial charge in [-0.15, -0.1) is 10.2 Å². The van der Waals surface area contributed by atoms with E-state index in [1.807, 2.05) is 36.4 Å². The van der Waals surface area contributed by atoms with Crippen molar-refractivity contribution >= 4 is 27.5 Å². The molecule has 4 rings (SSSR count). The SMILES string of the molecule is O=C(Nc1nnc(NCCC(c2ccccc2)c2ccccc2)s1)c1cc(F)cc(F)c1. The highest BCUT2D eigenvalue weighted by Gasteiger charge is 2.15. The minimum Gasteiger partial charge on any atom is -0.360 e. The first-order valence-corrected chi connectivity index (χ1v) is 10.8. The van der Waals surface area contributed by atoms with Crippen molar-refractivity contribution in [2.24, 2.45) is 0 Å². The number of hydrogen-bond donors (Lipinski definition) is 2. The Kier molecular flexibility index (Phi) is 6.81. The van der Waals surface area contributed by atoms with E-state index in [-0.39, 0.29) is 16.6 Å². The van der Waals surface area contributed by atoms with Crippen molar-refractivity contribution in [3.8, 4) is 0 Å². The van der Waals surface area contributed by atoms with Gasteiger partial charge in [0, 0.05) is 24.1 Å². The molecule has 1 amide bonds. The highest BCUT2D eigenvalue weighted by molar-refractivity contribution is 7.19. The molecular formula is C24H20F2N4OS. The summed E-state index contributed by atoms with van der Waals surface area (Å²) in [5.74, 6) is -2.07. The standard InChI is InChI=1S/C24H20F2N4OS/c25-19-13-18(14-20(26)15-19)22(31)28-24-30-29-23(32-24)27-12-11-21(16-7-3-1-4-8-16)17-9-5-2-6-10-17/h1-10,13-15,21H,11-12H2,(H,27,29)(H,28,30,31). The van der Waals surface area contributed by atoms with E-state index in [0.717, 1.165) is 29.9 Å². The molecule has 0 bridgehead atoms. The van der Waals surface area contributed by atoms with Crippen LogP contribution in [-0.4, -0.2) is 22.6 Å². The number of halogens is 2. The largest absolute Gasteiger partial charge is 0.360 e. The number of amides is 1. The van der Waals surface area contributed by atoms with Crippen molar-refractivity contribution in [3.05, 3.63) is 107 Å². The number of rotatable bonds is 8. The minimum atomic E-state index is -0.818. The fourth-order valence-corrected chi connectivity index (χ4v) is 4.08. The van der Waals surface area contributed by atoms with Gasteiger partial charge in [-0.1, -0.05) is 72.0 Å². The fourth-order valence-electron chi connectivity index (χ4n) is 3.42. The molecule has 4 aromatic rings. The van der Waals surface area contributed by atoms with Crippen LogP contribution < -0.4 is 10.6 Å². The molecule has 0 radical (unpaired) electrons. The lowest BCUT2D eigenvalue weighted by Gasteiger charge is -2.18. The molecule has 0 fully saturated rings. The van der Waals surface area contributed by atoms with E-state index in [4.69, 9.17) is 0 Å². The maximum absolute atomic E-state index is 13.3. The van der Waals surface area contributed by atoms with E-state index < -0.39 is 17.5 Å². The van der Waals surface area contributed by atoms with Gasteiger partial charge in [-0.25, -0.2) is 8.78 Å². The van der Waals surface area contributed by atoms with Crippen molar-refractivity contribution in [2.45, 2.75) is 12.3 Å². The molecule has 3 aromatic carbocycles. The van der Waals surface area contributed by atoms with Crippen molar-refractivity contribution in [2.75, 3.05) is 17.2 Å². The third kappa shape index (κ3) is 5.53. The lowest BCUT2D eigenvalue weighted by molar-refractivity contribution is 0.102. The van der Waals surface area contributed by atoms with Crippen LogP contribution in [0.25, 0.3) is 0 Å². The Morgan fingerprint density at radius 1 is 0.844 bits per heavy atom. The Morgan fingerprint density at radius 2 is 1.41 bits per heavy atom. The van der Waals surface area contributed by atoms with Crippen LogP contribution in [0.3, 0.4) is 0 Å². The lowest BCUT2D eigenvalue weighted by Crippen LogP contribution is -2.12. The highest BCUT2D eigenvalue weighted by Crippen LogP contribution is 2.28. The molecule has 5 nitrogen and oxygen atoms in total. The smallest absolute Gasteiger partial charge is 0.257 e. The van der Waals surface area contributed by atoms with Gasteiger partial charge in [-0.3, -0.25) is 10.1 Å². The fraction of sp³-hybridized carbons (Fsp3) is 0.125. The van der Waals surface area contributed by atoms with Crippen LogP contribution in [0.1, 0.15) is 33.8 Å². The average molecular weight is 451 g/mol. The molecule has 1 aromatic heterocycles. The van der Waals surface area contributed by atoms with Gasteiger partial charge < -0.3 is 5.32 Å². The van der Waals surface area contributed by atoms with Gasteiger partial charge in [0.25, 0.3) is 5.91 Å². The molecule has 0 saturated carbocycles. The number of nitrogens with one attached hydrogen (secondary N) is 2. The van der Waals surface area contributed by atoms with Gasteiger partial charge >= 0.3 is 0 Å². The number of aromatic nitrogens is 2. The molecule has 0 aliphatic rings. The second-order valence-electron chi connectivity index (χ2n) is 7.11. The summed E-state index contributed by atoms with van der Waals surface area (Å²) in [6.45, 7) is 0.645. The maximum Gasteiger partial charge on any atom is 0.257 e. The second kappa shape index (κ2) is 10.1. The van der Waals surface area contributed by atoms with Gasteiger partial charge in [0.05, 0.1) is 0 Å². The molecule has 0 atom stereocenters. The summed E-state index contributed by atoms with van der Waals surface area (Å²) in [6, 6.07) is 23.2. The zero-order chi connectivity index (χ0) is 22.3. The van der Waals surface area contributed by atoms with E-state index in [1.54, 1.807) is 0 Å². The molecule has 0 spiro atoms. The quantitative estimate of drug-likeness (QED) is 0.361. The zero-order valence-corrected chi connectivity index (χ0v) is 17.8. The summed E-state index contributed by atoms with van der Waals surface area (Å²) in [4.78, 5) is 12.2. The number of anilines is 2. The molecule has 2 N–H and O–H groups in total. The van der Waals surface area contributed by atoms with Crippen molar-refractivity contribution in [1.29, 1.82) is 0 Å². The average Bonchev–Trinajstić information content (AvgIpc) is 3.24. The Hall–Kier alpha value is -3.65. The van der Waals surface area contributed by atoms with Gasteiger partial charge in [-0.05, 0) is 29.7 Å². The summed E-state index contributed by atoms with van der Waals surface area (Å²) >= 11 is 1.15. The molecule has 0 aliphatic carbocycles. The van der Waals surface area contributed by atoms with Crippen LogP contribution in [-0.2, 0) is 0 Å². The van der Waals surface area contributed by atoms with Crippen LogP contribution in [0, 0.1) is 11.6 Å². The van der Waals surface area contributed by atoms with Gasteiger partial charge in [0.15, 0.2) is 0 Å². The Morgan fingerprint density at radius 3 is 2.00 bits per heavy atom. The van der Waals surface area contributed by atoms with Crippen LogP contribution in [0.2, 0.25) is 0 Å². The molecule has 0 aliphatic heterocycles. The molecule has 0 saturated heterocycles. The Labute approximate surface area is 188 Å². The Balaban J connectivity index is 1.37. The summed E-state index contributed by atoms with van der Waals surface area (Å²) in [5, 5.41) is 14.5. The maximum atomic E-state index is 13.3. The van der Waals surface area contributed by atoms with Crippen LogP contribution in [0.5, 0.6) is 0 Å². The van der Waals surface area contributed by atoms with Gasteiger partial charge in [0.2, 0.25) is 10.3 Å². The monoisotopic (exact) mass is 450 g/mol. The van der Waals surface area contributed by atoms with Crippen LogP contribution >= 0.6 is 11.3 Å². The lowest BCUT2D eigenvalue weighted by atomic mass is 9.88. The van der Waals surface area contributed by atoms with Crippen LogP contribution in [0.4, 0.5) is 19.0 Å². The van der Waals surface area contributed by atoms with Gasteiger partial charge in [-0.2, -0.15) is 0 Å². The van der Waals surface area contributed by atoms with E-state index >= 15 is 0 Å². The predicted octanol–water partition coefficient (Wildman–Crippen LogP) is 5.70. The van der Waals surface area contributed by atoms with Crippen molar-refractivity contribution in [3.63, 3.8) is 0 Å². The van der Waals surface area contributed by atoms with E-state index in [1.165, 1.54) is 11.1 Å². The second-order valence-corrected chi connectivity index (χ2v) is 8.09. The Bertz CT molecular complexity index is 1130. The zero-order valence-electron chi connectivity index (χ0n) is 17.0. The molecule has 8 heteroatoms. The predicted molar refractivity (Wildman–Crippen MR) is 122 cm³/mol. The summed E-state index contributed by atoms with van der Waals surface area (Å²) in [5.41, 5.74) is 2.34. The third-order valence-electron chi connectivity index (χ3n) is 4.88. The number of carbonyl (C=O) groups is 1. The summed E-state index contributed by atoms with van der Waals surface area (Å²) in [6.07, 6.45) is 0.831. The van der Waals surface area contributed by atoms with E-state index in [9.17, 15) is 13.6 Å². The molecule has 162 valence electrons. The summed E-state index contributed by atoms with van der Waals surface area (Å²) in [7, 11) is 0. The van der Waals surface area contributed by atoms with Gasteiger partial charge in [0.1, 0.15) is 11.6 Å². The number of hydrogen-bond acceptors (Lipinski definition) is 5. The first-order chi connectivity index (χ1) is 15.6. The number of benzene rings is 3. The molecular weight excluding hydrogens is 430 g/mol. The minimum absolute atomic E-state index is 0.124. The number of nitrogens with zero attached hydrogens (tertiary/aromatic N) is 2. The first kappa shape index (κ1) is 21.6. The number of carbonyl (C=O) groups excluding carboxylic acids is 1. The van der Waals surface area contributed by atoms with Crippen molar-refractivity contribution < 1.29 is 13.6 Å². The van der Waals surface area contributed by atoms with E-state index in [0.29, 0.717) is 17.7 Å². The molecule has 0 unspecified atom stereocenters. The van der Waals surface area contributed by atoms with Crippen LogP contribution in [0.15, 0.2) is 78.9 Å².